The minimum absolute atomic E-state index is 0.0805. The Kier molecular flexibility index (Phi) is 5.46. The van der Waals surface area contributed by atoms with Gasteiger partial charge in [0.2, 0.25) is 0 Å². The maximum absolute atomic E-state index is 5.41. The van der Waals surface area contributed by atoms with Gasteiger partial charge < -0.3 is 10.1 Å². The third-order valence-corrected chi connectivity index (χ3v) is 3.79. The fraction of sp³-hybridized carbons (Fsp3) is 0.692. The largest absolute Gasteiger partial charge is 0.377 e. The topological polar surface area (TPSA) is 21.3 Å². The maximum atomic E-state index is 5.41. The molecule has 0 radical (unpaired) electrons. The summed E-state index contributed by atoms with van der Waals surface area (Å²) in [5, 5.41) is 5.72. The molecular weight excluding hydrogens is 218 g/mol. The highest BCUT2D eigenvalue weighted by atomic mass is 32.1. The Hall–Kier alpha value is -0.380. The molecule has 1 unspecified atom stereocenters. The molecule has 1 aromatic heterocycles. The summed E-state index contributed by atoms with van der Waals surface area (Å²) in [6.07, 6.45) is 2.27. The van der Waals surface area contributed by atoms with Crippen molar-refractivity contribution in [3.8, 4) is 0 Å². The van der Waals surface area contributed by atoms with E-state index in [4.69, 9.17) is 4.74 Å². The normalized spacial score (nSPS) is 14.0. The van der Waals surface area contributed by atoms with Crippen molar-refractivity contribution in [1.29, 1.82) is 0 Å². The standard InChI is InChI=1S/C13H23NOS/c1-5-11(9-12-7-6-8-16-12)14-10-13(2,3)15-4/h6-8,11,14H,5,9-10H2,1-4H3. The fourth-order valence-electron chi connectivity index (χ4n) is 1.49. The van der Waals surface area contributed by atoms with Crippen LogP contribution < -0.4 is 5.32 Å². The lowest BCUT2D eigenvalue weighted by Gasteiger charge is -2.26. The van der Waals surface area contributed by atoms with Gasteiger partial charge in [-0.1, -0.05) is 13.0 Å². The van der Waals surface area contributed by atoms with Crippen molar-refractivity contribution < 1.29 is 4.74 Å². The first-order chi connectivity index (χ1) is 7.57. The number of nitrogens with one attached hydrogen (secondary N) is 1. The van der Waals surface area contributed by atoms with Gasteiger partial charge in [0.15, 0.2) is 0 Å². The summed E-state index contributed by atoms with van der Waals surface area (Å²) in [5.41, 5.74) is -0.0805. The molecule has 0 bridgehead atoms. The van der Waals surface area contributed by atoms with E-state index in [1.54, 1.807) is 7.11 Å². The zero-order valence-corrected chi connectivity index (χ0v) is 11.6. The molecule has 0 spiro atoms. The maximum Gasteiger partial charge on any atom is 0.0746 e. The van der Waals surface area contributed by atoms with E-state index < -0.39 is 0 Å². The quantitative estimate of drug-likeness (QED) is 0.792. The molecule has 1 rings (SSSR count). The molecule has 0 aliphatic heterocycles. The smallest absolute Gasteiger partial charge is 0.0746 e. The molecule has 1 heterocycles. The lowest BCUT2D eigenvalue weighted by Crippen LogP contribution is -2.42. The molecular formula is C13H23NOS. The Morgan fingerprint density at radius 3 is 2.75 bits per heavy atom. The van der Waals surface area contributed by atoms with Crippen LogP contribution in [0.2, 0.25) is 0 Å². The van der Waals surface area contributed by atoms with Crippen molar-refractivity contribution in [2.45, 2.75) is 45.3 Å². The summed E-state index contributed by atoms with van der Waals surface area (Å²) < 4.78 is 5.41. The van der Waals surface area contributed by atoms with Gasteiger partial charge in [0.05, 0.1) is 5.60 Å². The van der Waals surface area contributed by atoms with Crippen LogP contribution in [0.3, 0.4) is 0 Å². The lowest BCUT2D eigenvalue weighted by atomic mass is 10.1. The fourth-order valence-corrected chi connectivity index (χ4v) is 2.28. The first-order valence-electron chi connectivity index (χ1n) is 5.88. The van der Waals surface area contributed by atoms with E-state index in [2.05, 4.69) is 43.6 Å². The Morgan fingerprint density at radius 1 is 1.50 bits per heavy atom. The average Bonchev–Trinajstić information content (AvgIpc) is 2.77. The van der Waals surface area contributed by atoms with Crippen molar-refractivity contribution in [3.63, 3.8) is 0 Å². The summed E-state index contributed by atoms with van der Waals surface area (Å²) in [7, 11) is 1.77. The van der Waals surface area contributed by atoms with E-state index in [0.717, 1.165) is 19.4 Å². The first-order valence-corrected chi connectivity index (χ1v) is 6.76. The van der Waals surface area contributed by atoms with Gasteiger partial charge in [0.25, 0.3) is 0 Å². The average molecular weight is 241 g/mol. The van der Waals surface area contributed by atoms with E-state index in [1.165, 1.54) is 4.88 Å². The van der Waals surface area contributed by atoms with E-state index in [9.17, 15) is 0 Å². The van der Waals surface area contributed by atoms with Crippen LogP contribution in [-0.2, 0) is 11.2 Å². The molecule has 0 saturated carbocycles. The number of hydrogen-bond acceptors (Lipinski definition) is 3. The minimum Gasteiger partial charge on any atom is -0.377 e. The van der Waals surface area contributed by atoms with Crippen LogP contribution in [0.15, 0.2) is 17.5 Å². The Labute approximate surface area is 103 Å². The van der Waals surface area contributed by atoms with Crippen LogP contribution in [0.1, 0.15) is 32.1 Å². The minimum atomic E-state index is -0.0805. The van der Waals surface area contributed by atoms with Crippen LogP contribution in [0.25, 0.3) is 0 Å². The summed E-state index contributed by atoms with van der Waals surface area (Å²) in [4.78, 5) is 1.45. The number of ether oxygens (including phenoxy) is 1. The zero-order valence-electron chi connectivity index (χ0n) is 10.7. The van der Waals surface area contributed by atoms with Gasteiger partial charge in [-0.05, 0) is 38.1 Å². The van der Waals surface area contributed by atoms with E-state index in [-0.39, 0.29) is 5.60 Å². The van der Waals surface area contributed by atoms with Gasteiger partial charge in [-0.15, -0.1) is 11.3 Å². The molecule has 1 aromatic rings. The summed E-state index contributed by atoms with van der Waals surface area (Å²) in [6.45, 7) is 7.34. The highest BCUT2D eigenvalue weighted by molar-refractivity contribution is 7.09. The Morgan fingerprint density at radius 2 is 2.25 bits per heavy atom. The van der Waals surface area contributed by atoms with Gasteiger partial charge in [0, 0.05) is 24.6 Å². The highest BCUT2D eigenvalue weighted by Gasteiger charge is 2.18. The zero-order chi connectivity index (χ0) is 12.0. The molecule has 0 fully saturated rings. The highest BCUT2D eigenvalue weighted by Crippen LogP contribution is 2.13. The van der Waals surface area contributed by atoms with Crippen molar-refractivity contribution in [1.82, 2.24) is 5.32 Å². The lowest BCUT2D eigenvalue weighted by molar-refractivity contribution is 0.0210. The van der Waals surface area contributed by atoms with Crippen LogP contribution in [0, 0.1) is 0 Å². The molecule has 0 aliphatic rings. The van der Waals surface area contributed by atoms with Crippen molar-refractivity contribution in [2.24, 2.45) is 0 Å². The number of methoxy groups -OCH3 is 1. The van der Waals surface area contributed by atoms with E-state index in [1.807, 2.05) is 11.3 Å². The molecule has 1 N–H and O–H groups in total. The van der Waals surface area contributed by atoms with Crippen molar-refractivity contribution in [2.75, 3.05) is 13.7 Å². The van der Waals surface area contributed by atoms with Gasteiger partial charge in [-0.3, -0.25) is 0 Å². The summed E-state index contributed by atoms with van der Waals surface area (Å²) in [5.74, 6) is 0. The Bertz CT molecular complexity index is 282. The molecule has 1 atom stereocenters. The van der Waals surface area contributed by atoms with Gasteiger partial charge in [-0.25, -0.2) is 0 Å². The third-order valence-electron chi connectivity index (χ3n) is 2.89. The predicted molar refractivity (Wildman–Crippen MR) is 71.2 cm³/mol. The van der Waals surface area contributed by atoms with Crippen molar-refractivity contribution >= 4 is 11.3 Å². The van der Waals surface area contributed by atoms with Gasteiger partial charge in [-0.2, -0.15) is 0 Å². The van der Waals surface area contributed by atoms with Crippen LogP contribution in [0.4, 0.5) is 0 Å². The molecule has 3 heteroatoms. The van der Waals surface area contributed by atoms with Crippen LogP contribution in [-0.4, -0.2) is 25.3 Å². The van der Waals surface area contributed by atoms with Gasteiger partial charge in [0.1, 0.15) is 0 Å². The van der Waals surface area contributed by atoms with E-state index >= 15 is 0 Å². The third kappa shape index (κ3) is 4.64. The second-order valence-corrected chi connectivity index (χ2v) is 5.77. The molecule has 0 amide bonds. The molecule has 16 heavy (non-hydrogen) atoms. The Balaban J connectivity index is 2.38. The number of rotatable bonds is 7. The molecule has 0 aliphatic carbocycles. The van der Waals surface area contributed by atoms with E-state index in [0.29, 0.717) is 6.04 Å². The summed E-state index contributed by atoms with van der Waals surface area (Å²) in [6, 6.07) is 4.87. The first kappa shape index (κ1) is 13.7. The predicted octanol–water partition coefficient (Wildman–Crippen LogP) is 3.08. The second-order valence-electron chi connectivity index (χ2n) is 4.73. The van der Waals surface area contributed by atoms with Gasteiger partial charge >= 0.3 is 0 Å². The van der Waals surface area contributed by atoms with Crippen molar-refractivity contribution in [3.05, 3.63) is 22.4 Å². The SMILES string of the molecule is CCC(Cc1cccs1)NCC(C)(C)OC. The van der Waals surface area contributed by atoms with Crippen LogP contribution >= 0.6 is 11.3 Å². The second kappa shape index (κ2) is 6.38. The molecule has 92 valence electrons. The monoisotopic (exact) mass is 241 g/mol. The number of hydrogen-bond donors (Lipinski definition) is 1. The molecule has 2 nitrogen and oxygen atoms in total. The number of thiophene rings is 1. The molecule has 0 saturated heterocycles. The molecule has 0 aromatic carbocycles. The van der Waals surface area contributed by atoms with Crippen LogP contribution in [0.5, 0.6) is 0 Å². The summed E-state index contributed by atoms with van der Waals surface area (Å²) >= 11 is 1.83.